The molecule has 3 rings (SSSR count). The number of halogens is 1. The van der Waals surface area contributed by atoms with Crippen molar-refractivity contribution in [1.29, 1.82) is 0 Å². The van der Waals surface area contributed by atoms with Crippen LogP contribution in [0.4, 0.5) is 11.4 Å². The topological polar surface area (TPSA) is 71.3 Å². The molecule has 2 aromatic carbocycles. The van der Waals surface area contributed by atoms with E-state index in [-0.39, 0.29) is 11.7 Å². The number of hydrogen-bond acceptors (Lipinski definition) is 3. The minimum absolute atomic E-state index is 0.188. The van der Waals surface area contributed by atoms with Crippen molar-refractivity contribution in [1.82, 2.24) is 0 Å². The van der Waals surface area contributed by atoms with E-state index in [4.69, 9.17) is 16.0 Å². The molecule has 0 bridgehead atoms. The Hall–Kier alpha value is -3.05. The van der Waals surface area contributed by atoms with Gasteiger partial charge in [0.15, 0.2) is 5.76 Å². The molecule has 0 spiro atoms. The summed E-state index contributed by atoms with van der Waals surface area (Å²) in [6.45, 7) is 1.96. The molecule has 2 N–H and O–H groups in total. The monoisotopic (exact) mass is 354 g/mol. The number of aryl methyl sites for hydroxylation is 1. The number of benzene rings is 2. The summed E-state index contributed by atoms with van der Waals surface area (Å²) in [4.78, 5) is 24.2. The zero-order valence-electron chi connectivity index (χ0n) is 13.4. The van der Waals surface area contributed by atoms with Crippen LogP contribution in [0.2, 0.25) is 5.02 Å². The average molecular weight is 355 g/mol. The summed E-state index contributed by atoms with van der Waals surface area (Å²) in [5.41, 5.74) is 2.59. The fraction of sp³-hybridized carbons (Fsp3) is 0.0526. The zero-order valence-corrected chi connectivity index (χ0v) is 14.1. The molecule has 0 atom stereocenters. The Morgan fingerprint density at radius 3 is 2.36 bits per heavy atom. The lowest BCUT2D eigenvalue weighted by atomic mass is 10.1. The van der Waals surface area contributed by atoms with E-state index in [0.717, 1.165) is 5.56 Å². The van der Waals surface area contributed by atoms with E-state index >= 15 is 0 Å². The molecule has 0 aliphatic carbocycles. The standard InChI is InChI=1S/C19H15ClN2O3/c1-12-4-6-13(7-5-12)18(23)21-14-8-9-16(15(20)11-14)22-19(24)17-3-2-10-25-17/h2-11H,1H3,(H,21,23)(H,22,24). The Kier molecular flexibility index (Phi) is 4.86. The van der Waals surface area contributed by atoms with Crippen LogP contribution < -0.4 is 10.6 Å². The summed E-state index contributed by atoms with van der Waals surface area (Å²) in [6.07, 6.45) is 1.42. The van der Waals surface area contributed by atoms with Gasteiger partial charge in [-0.15, -0.1) is 0 Å². The number of hydrogen-bond donors (Lipinski definition) is 2. The summed E-state index contributed by atoms with van der Waals surface area (Å²) < 4.78 is 5.03. The van der Waals surface area contributed by atoms with Gasteiger partial charge in [0, 0.05) is 11.3 Å². The van der Waals surface area contributed by atoms with Crippen LogP contribution >= 0.6 is 11.6 Å². The number of amides is 2. The third-order valence-electron chi connectivity index (χ3n) is 3.53. The lowest BCUT2D eigenvalue weighted by Gasteiger charge is -2.09. The quantitative estimate of drug-likeness (QED) is 0.710. The van der Waals surface area contributed by atoms with Crippen molar-refractivity contribution in [2.75, 3.05) is 10.6 Å². The van der Waals surface area contributed by atoms with Crippen molar-refractivity contribution < 1.29 is 14.0 Å². The predicted octanol–water partition coefficient (Wildman–Crippen LogP) is 4.75. The molecule has 0 aliphatic rings. The molecule has 0 fully saturated rings. The average Bonchev–Trinajstić information content (AvgIpc) is 3.12. The number of nitrogens with one attached hydrogen (secondary N) is 2. The van der Waals surface area contributed by atoms with Crippen LogP contribution in [0.15, 0.2) is 65.3 Å². The van der Waals surface area contributed by atoms with Crippen LogP contribution in [-0.2, 0) is 0 Å². The van der Waals surface area contributed by atoms with Crippen molar-refractivity contribution >= 4 is 34.8 Å². The molecule has 25 heavy (non-hydrogen) atoms. The highest BCUT2D eigenvalue weighted by Crippen LogP contribution is 2.26. The molecule has 126 valence electrons. The van der Waals surface area contributed by atoms with Gasteiger partial charge in [0.05, 0.1) is 17.0 Å². The van der Waals surface area contributed by atoms with Gasteiger partial charge in [0.2, 0.25) is 0 Å². The molecular formula is C19H15ClN2O3. The molecule has 5 nitrogen and oxygen atoms in total. The first-order chi connectivity index (χ1) is 12.0. The van der Waals surface area contributed by atoms with Crippen LogP contribution in [0.5, 0.6) is 0 Å². The maximum absolute atomic E-state index is 12.2. The molecule has 1 heterocycles. The highest BCUT2D eigenvalue weighted by molar-refractivity contribution is 6.34. The first-order valence-corrected chi connectivity index (χ1v) is 7.93. The van der Waals surface area contributed by atoms with Gasteiger partial charge in [0.25, 0.3) is 11.8 Å². The Morgan fingerprint density at radius 1 is 0.960 bits per heavy atom. The fourth-order valence-corrected chi connectivity index (χ4v) is 2.42. The predicted molar refractivity (Wildman–Crippen MR) is 97.2 cm³/mol. The third-order valence-corrected chi connectivity index (χ3v) is 3.85. The number of carbonyl (C=O) groups is 2. The summed E-state index contributed by atoms with van der Waals surface area (Å²) in [6, 6.07) is 15.3. The van der Waals surface area contributed by atoms with Crippen LogP contribution in [0, 0.1) is 6.92 Å². The molecule has 0 saturated heterocycles. The second-order valence-electron chi connectivity index (χ2n) is 5.45. The van der Waals surface area contributed by atoms with Gasteiger partial charge in [0.1, 0.15) is 0 Å². The van der Waals surface area contributed by atoms with Crippen molar-refractivity contribution in [2.24, 2.45) is 0 Å². The molecule has 0 aliphatic heterocycles. The summed E-state index contributed by atoms with van der Waals surface area (Å²) >= 11 is 6.19. The van der Waals surface area contributed by atoms with E-state index in [2.05, 4.69) is 10.6 Å². The maximum Gasteiger partial charge on any atom is 0.291 e. The van der Waals surface area contributed by atoms with E-state index < -0.39 is 5.91 Å². The number of anilines is 2. The second kappa shape index (κ2) is 7.23. The van der Waals surface area contributed by atoms with Crippen LogP contribution in [0.25, 0.3) is 0 Å². The van der Waals surface area contributed by atoms with Gasteiger partial charge in [-0.3, -0.25) is 9.59 Å². The van der Waals surface area contributed by atoms with Gasteiger partial charge in [-0.1, -0.05) is 29.3 Å². The van der Waals surface area contributed by atoms with Crippen molar-refractivity contribution in [2.45, 2.75) is 6.92 Å². The summed E-state index contributed by atoms with van der Waals surface area (Å²) in [5.74, 6) is -0.445. The van der Waals surface area contributed by atoms with Gasteiger partial charge in [-0.25, -0.2) is 0 Å². The normalized spacial score (nSPS) is 10.3. The largest absolute Gasteiger partial charge is 0.459 e. The Morgan fingerprint density at radius 2 is 1.72 bits per heavy atom. The molecule has 3 aromatic rings. The van der Waals surface area contributed by atoms with E-state index in [9.17, 15) is 9.59 Å². The molecule has 0 radical (unpaired) electrons. The Labute approximate surface area is 149 Å². The van der Waals surface area contributed by atoms with Crippen molar-refractivity contribution in [3.8, 4) is 0 Å². The Bertz CT molecular complexity index is 903. The summed E-state index contributed by atoms with van der Waals surface area (Å²) in [7, 11) is 0. The minimum Gasteiger partial charge on any atom is -0.459 e. The SMILES string of the molecule is Cc1ccc(C(=O)Nc2ccc(NC(=O)c3ccco3)c(Cl)c2)cc1. The first kappa shape index (κ1) is 16.8. The van der Waals surface area contributed by atoms with Gasteiger partial charge < -0.3 is 15.1 Å². The minimum atomic E-state index is -0.400. The first-order valence-electron chi connectivity index (χ1n) is 7.55. The number of furan rings is 1. The highest BCUT2D eigenvalue weighted by atomic mass is 35.5. The number of rotatable bonds is 4. The zero-order chi connectivity index (χ0) is 17.8. The maximum atomic E-state index is 12.2. The fourth-order valence-electron chi connectivity index (χ4n) is 2.19. The van der Waals surface area contributed by atoms with Crippen LogP contribution in [-0.4, -0.2) is 11.8 Å². The van der Waals surface area contributed by atoms with Gasteiger partial charge in [-0.2, -0.15) is 0 Å². The third kappa shape index (κ3) is 4.08. The molecule has 6 heteroatoms. The van der Waals surface area contributed by atoms with Crippen LogP contribution in [0.1, 0.15) is 26.5 Å². The number of carbonyl (C=O) groups excluding carboxylic acids is 2. The summed E-state index contributed by atoms with van der Waals surface area (Å²) in [5, 5.41) is 5.73. The van der Waals surface area contributed by atoms with E-state index in [1.165, 1.54) is 6.26 Å². The van der Waals surface area contributed by atoms with Gasteiger partial charge in [-0.05, 0) is 49.4 Å². The second-order valence-corrected chi connectivity index (χ2v) is 5.85. The smallest absolute Gasteiger partial charge is 0.291 e. The highest BCUT2D eigenvalue weighted by Gasteiger charge is 2.12. The van der Waals surface area contributed by atoms with Crippen LogP contribution in [0.3, 0.4) is 0 Å². The lowest BCUT2D eigenvalue weighted by Crippen LogP contribution is -2.13. The molecular weight excluding hydrogens is 340 g/mol. The molecule has 0 unspecified atom stereocenters. The molecule has 0 saturated carbocycles. The molecule has 2 amide bonds. The Balaban J connectivity index is 1.70. The van der Waals surface area contributed by atoms with E-state index in [1.54, 1.807) is 42.5 Å². The van der Waals surface area contributed by atoms with Crippen molar-refractivity contribution in [3.63, 3.8) is 0 Å². The lowest BCUT2D eigenvalue weighted by molar-refractivity contribution is 0.0994. The van der Waals surface area contributed by atoms with Gasteiger partial charge >= 0.3 is 0 Å². The van der Waals surface area contributed by atoms with Crippen molar-refractivity contribution in [3.05, 3.63) is 82.8 Å². The molecule has 1 aromatic heterocycles. The van der Waals surface area contributed by atoms with E-state index in [1.807, 2.05) is 19.1 Å². The van der Waals surface area contributed by atoms with E-state index in [0.29, 0.717) is 22.0 Å².